The van der Waals surface area contributed by atoms with Crippen LogP contribution in [0.1, 0.15) is 27.5 Å². The Morgan fingerprint density at radius 3 is 2.83 bits per heavy atom. The van der Waals surface area contributed by atoms with Gasteiger partial charge in [0.05, 0.1) is 17.6 Å². The van der Waals surface area contributed by atoms with Gasteiger partial charge in [-0.25, -0.2) is 14.6 Å². The van der Waals surface area contributed by atoms with E-state index in [4.69, 9.17) is 32.4 Å². The van der Waals surface area contributed by atoms with E-state index in [9.17, 15) is 9.59 Å². The molecule has 10 heteroatoms. The Bertz CT molecular complexity index is 1390. The number of carbonyl (C=O) groups is 2. The fourth-order valence-corrected chi connectivity index (χ4v) is 4.05. The highest BCUT2D eigenvalue weighted by molar-refractivity contribution is 6.36. The number of aromatic nitrogens is 2. The van der Waals surface area contributed by atoms with Crippen molar-refractivity contribution >= 4 is 52.2 Å². The normalized spacial score (nSPS) is 11.2. The fourth-order valence-electron chi connectivity index (χ4n) is 3.51. The third-order valence-electron chi connectivity index (χ3n) is 5.09. The Labute approximate surface area is 211 Å². The van der Waals surface area contributed by atoms with Gasteiger partial charge in [-0.05, 0) is 29.8 Å². The molecular formula is C25H21Cl2N3O5. The number of halogens is 2. The number of nitrogens with one attached hydrogen (secondary N) is 1. The molecule has 0 bridgehead atoms. The third-order valence-corrected chi connectivity index (χ3v) is 5.61. The summed E-state index contributed by atoms with van der Waals surface area (Å²) in [6.07, 6.45) is 5.64. The van der Waals surface area contributed by atoms with Gasteiger partial charge in [0.15, 0.2) is 5.69 Å². The van der Waals surface area contributed by atoms with Crippen LogP contribution < -0.4 is 5.32 Å². The van der Waals surface area contributed by atoms with Crippen LogP contribution in [0.5, 0.6) is 0 Å². The Morgan fingerprint density at radius 2 is 2.03 bits per heavy atom. The first-order valence-electron chi connectivity index (χ1n) is 10.6. The molecule has 8 nitrogen and oxygen atoms in total. The highest BCUT2D eigenvalue weighted by Crippen LogP contribution is 2.30. The summed E-state index contributed by atoms with van der Waals surface area (Å²) in [5, 5.41) is 4.52. The minimum Gasteiger partial charge on any atom is -0.456 e. The van der Waals surface area contributed by atoms with Gasteiger partial charge in [0.1, 0.15) is 12.9 Å². The smallest absolute Gasteiger partial charge is 0.407 e. The number of ether oxygens (including phenoxy) is 2. The Morgan fingerprint density at radius 1 is 1.20 bits per heavy atom. The zero-order valence-corrected chi connectivity index (χ0v) is 20.2. The largest absolute Gasteiger partial charge is 0.456 e. The molecule has 35 heavy (non-hydrogen) atoms. The first-order chi connectivity index (χ1) is 16.9. The maximum absolute atomic E-state index is 12.5. The van der Waals surface area contributed by atoms with Crippen LogP contribution in [0.15, 0.2) is 65.4 Å². The number of methoxy groups -OCH3 is 1. The lowest BCUT2D eigenvalue weighted by Gasteiger charge is -2.08. The number of nitrogens with zero attached hydrogens (tertiary/aromatic N) is 2. The summed E-state index contributed by atoms with van der Waals surface area (Å²) in [7, 11) is 1.27. The van der Waals surface area contributed by atoms with Crippen LogP contribution in [-0.2, 0) is 22.6 Å². The number of hydrogen-bond donors (Lipinski definition) is 1. The molecular weight excluding hydrogens is 493 g/mol. The average molecular weight is 514 g/mol. The molecule has 4 rings (SSSR count). The standard InChI is InChI=1S/C25H21Cl2N3O5/c1-33-25(32)28-10-4-9-22-29-20(15-34-22)24(31)35-14-17-6-3-8-21-23(17)19(27)13-30(21)12-16-5-2-7-18(26)11-16/h2-9,11,13,15H,10,12,14H2,1H3,(H,28,32)/b9-4-. The van der Waals surface area contributed by atoms with Crippen LogP contribution in [-0.4, -0.2) is 35.3 Å². The number of amides is 1. The number of fused-ring (bicyclic) bond motifs is 1. The molecule has 2 aromatic carbocycles. The quantitative estimate of drug-likeness (QED) is 0.303. The molecule has 4 aromatic rings. The second-order valence-electron chi connectivity index (χ2n) is 7.47. The molecule has 0 aliphatic rings. The molecule has 0 spiro atoms. The zero-order chi connectivity index (χ0) is 24.8. The molecule has 2 heterocycles. The number of carbonyl (C=O) groups excluding carboxylic acids is 2. The monoisotopic (exact) mass is 513 g/mol. The van der Waals surface area contributed by atoms with Crippen molar-refractivity contribution in [3.63, 3.8) is 0 Å². The Hall–Kier alpha value is -3.75. The van der Waals surface area contributed by atoms with Gasteiger partial charge in [0, 0.05) is 35.3 Å². The minimum absolute atomic E-state index is 0.0121. The molecule has 1 amide bonds. The van der Waals surface area contributed by atoms with E-state index in [0.29, 0.717) is 16.6 Å². The molecule has 0 aliphatic carbocycles. The van der Waals surface area contributed by atoms with Gasteiger partial charge in [0.2, 0.25) is 5.89 Å². The Kier molecular flexibility index (Phi) is 7.74. The molecule has 0 atom stereocenters. The van der Waals surface area contributed by atoms with Gasteiger partial charge in [-0.1, -0.05) is 53.5 Å². The molecule has 0 aliphatic heterocycles. The van der Waals surface area contributed by atoms with E-state index in [1.807, 2.05) is 53.2 Å². The van der Waals surface area contributed by atoms with Gasteiger partial charge in [0.25, 0.3) is 0 Å². The van der Waals surface area contributed by atoms with Crippen molar-refractivity contribution in [2.75, 3.05) is 13.7 Å². The summed E-state index contributed by atoms with van der Waals surface area (Å²) in [6, 6.07) is 13.3. The number of alkyl carbamates (subject to hydrolysis) is 1. The van der Waals surface area contributed by atoms with Crippen LogP contribution in [0.3, 0.4) is 0 Å². The molecule has 0 fully saturated rings. The predicted octanol–water partition coefficient (Wildman–Crippen LogP) is 5.71. The van der Waals surface area contributed by atoms with E-state index in [-0.39, 0.29) is 24.7 Å². The second-order valence-corrected chi connectivity index (χ2v) is 8.31. The molecule has 0 saturated heterocycles. The van der Waals surface area contributed by atoms with Crippen LogP contribution in [0.25, 0.3) is 17.0 Å². The van der Waals surface area contributed by atoms with Crippen molar-refractivity contribution in [3.05, 3.63) is 93.8 Å². The lowest BCUT2D eigenvalue weighted by atomic mass is 10.1. The topological polar surface area (TPSA) is 95.6 Å². The maximum atomic E-state index is 12.5. The summed E-state index contributed by atoms with van der Waals surface area (Å²) < 4.78 is 17.2. The van der Waals surface area contributed by atoms with Gasteiger partial charge in [-0.15, -0.1) is 0 Å². The number of oxazole rings is 1. The summed E-state index contributed by atoms with van der Waals surface area (Å²) >= 11 is 12.7. The van der Waals surface area contributed by atoms with Gasteiger partial charge < -0.3 is 23.8 Å². The van der Waals surface area contributed by atoms with Crippen molar-refractivity contribution in [3.8, 4) is 0 Å². The number of benzene rings is 2. The number of rotatable bonds is 8. The summed E-state index contributed by atoms with van der Waals surface area (Å²) in [5.41, 5.74) is 2.75. The first-order valence-corrected chi connectivity index (χ1v) is 11.3. The first kappa shape index (κ1) is 24.4. The lowest BCUT2D eigenvalue weighted by molar-refractivity contribution is 0.0467. The molecule has 0 radical (unpaired) electrons. The van der Waals surface area contributed by atoms with Crippen LogP contribution in [0.2, 0.25) is 10.0 Å². The Balaban J connectivity index is 1.43. The van der Waals surface area contributed by atoms with Crippen molar-refractivity contribution in [1.29, 1.82) is 0 Å². The summed E-state index contributed by atoms with van der Waals surface area (Å²) in [6.45, 7) is 0.826. The fraction of sp³-hybridized carbons (Fsp3) is 0.160. The highest BCUT2D eigenvalue weighted by atomic mass is 35.5. The van der Waals surface area contributed by atoms with Gasteiger partial charge >= 0.3 is 12.1 Å². The summed E-state index contributed by atoms with van der Waals surface area (Å²) in [5.74, 6) is -0.431. The van der Waals surface area contributed by atoms with Gasteiger partial charge in [-0.2, -0.15) is 0 Å². The molecule has 180 valence electrons. The van der Waals surface area contributed by atoms with E-state index >= 15 is 0 Å². The second kappa shape index (κ2) is 11.1. The minimum atomic E-state index is -0.632. The van der Waals surface area contributed by atoms with Crippen LogP contribution >= 0.6 is 23.2 Å². The van der Waals surface area contributed by atoms with E-state index in [1.165, 1.54) is 19.4 Å². The van der Waals surface area contributed by atoms with Crippen LogP contribution in [0.4, 0.5) is 4.79 Å². The van der Waals surface area contributed by atoms with Crippen molar-refractivity contribution in [2.45, 2.75) is 13.2 Å². The molecule has 1 N–H and O–H groups in total. The molecule has 0 unspecified atom stereocenters. The van der Waals surface area contributed by atoms with Gasteiger partial charge in [-0.3, -0.25) is 0 Å². The molecule has 0 saturated carbocycles. The molecule has 2 aromatic heterocycles. The average Bonchev–Trinajstić information content (AvgIpc) is 3.45. The van der Waals surface area contributed by atoms with E-state index in [2.05, 4.69) is 15.0 Å². The van der Waals surface area contributed by atoms with E-state index in [0.717, 1.165) is 22.0 Å². The predicted molar refractivity (Wildman–Crippen MR) is 133 cm³/mol. The van der Waals surface area contributed by atoms with E-state index < -0.39 is 12.1 Å². The lowest BCUT2D eigenvalue weighted by Crippen LogP contribution is -2.22. The van der Waals surface area contributed by atoms with Crippen molar-refractivity contribution < 1.29 is 23.5 Å². The maximum Gasteiger partial charge on any atom is 0.407 e. The highest BCUT2D eigenvalue weighted by Gasteiger charge is 2.16. The van der Waals surface area contributed by atoms with Crippen molar-refractivity contribution in [2.24, 2.45) is 0 Å². The van der Waals surface area contributed by atoms with E-state index in [1.54, 1.807) is 6.08 Å². The third kappa shape index (κ3) is 6.03. The van der Waals surface area contributed by atoms with Crippen LogP contribution in [0, 0.1) is 0 Å². The number of hydrogen-bond acceptors (Lipinski definition) is 6. The summed E-state index contributed by atoms with van der Waals surface area (Å²) in [4.78, 5) is 27.6. The number of esters is 1. The SMILES string of the molecule is COC(=O)NC/C=C\c1nc(C(=O)OCc2cccc3c2c(Cl)cn3Cc2cccc(Cl)c2)co1. The zero-order valence-electron chi connectivity index (χ0n) is 18.7. The van der Waals surface area contributed by atoms with Crippen molar-refractivity contribution in [1.82, 2.24) is 14.9 Å².